The predicted octanol–water partition coefficient (Wildman–Crippen LogP) is 2.82. The van der Waals surface area contributed by atoms with E-state index >= 15 is 0 Å². The summed E-state index contributed by atoms with van der Waals surface area (Å²) in [4.78, 5) is 23.1. The van der Waals surface area contributed by atoms with E-state index in [4.69, 9.17) is 9.84 Å². The summed E-state index contributed by atoms with van der Waals surface area (Å²) in [7, 11) is 0. The number of carbonyl (C=O) groups excluding carboxylic acids is 1. The molecule has 5 nitrogen and oxygen atoms in total. The quantitative estimate of drug-likeness (QED) is 0.742. The Hall–Kier alpha value is -1.31. The van der Waals surface area contributed by atoms with Crippen molar-refractivity contribution in [2.24, 2.45) is 0 Å². The minimum atomic E-state index is -1.01. The van der Waals surface area contributed by atoms with Crippen LogP contribution in [-0.4, -0.2) is 29.1 Å². The number of rotatable bonds is 5. The highest BCUT2D eigenvalue weighted by Gasteiger charge is 2.22. The smallest absolute Gasteiger partial charge is 0.335 e. The third-order valence-electron chi connectivity index (χ3n) is 3.55. The Morgan fingerprint density at radius 1 is 1.38 bits per heavy atom. The molecule has 0 spiro atoms. The van der Waals surface area contributed by atoms with Gasteiger partial charge in [0.05, 0.1) is 9.13 Å². The Balaban J connectivity index is 2.00. The molecule has 1 saturated carbocycles. The Morgan fingerprint density at radius 2 is 2.05 bits per heavy atom. The third kappa shape index (κ3) is 4.33. The first kappa shape index (κ1) is 16.1. The Morgan fingerprint density at radius 3 is 2.67 bits per heavy atom. The topological polar surface area (TPSA) is 75.6 Å². The average molecular weight is 403 g/mol. The van der Waals surface area contributed by atoms with E-state index in [2.05, 4.69) is 27.9 Å². The first-order valence-electron chi connectivity index (χ1n) is 6.97. The fourth-order valence-electron chi connectivity index (χ4n) is 2.36. The minimum Gasteiger partial charge on any atom is -0.480 e. The van der Waals surface area contributed by atoms with Crippen molar-refractivity contribution < 1.29 is 19.4 Å². The van der Waals surface area contributed by atoms with Crippen molar-refractivity contribution in [2.75, 3.05) is 0 Å². The van der Waals surface area contributed by atoms with E-state index in [1.54, 1.807) is 13.0 Å². The molecule has 114 valence electrons. The third-order valence-corrected chi connectivity index (χ3v) is 4.44. The molecule has 1 unspecified atom stereocenters. The Labute approximate surface area is 137 Å². The highest BCUT2D eigenvalue weighted by Crippen LogP contribution is 2.24. The van der Waals surface area contributed by atoms with Gasteiger partial charge in [-0.25, -0.2) is 4.79 Å². The van der Waals surface area contributed by atoms with Gasteiger partial charge in [0.1, 0.15) is 5.75 Å². The molecule has 1 aromatic rings. The molecule has 0 bridgehead atoms. The fourth-order valence-corrected chi connectivity index (χ4v) is 2.82. The molecule has 2 rings (SSSR count). The molecule has 1 amide bonds. The normalized spacial score (nSPS) is 16.5. The number of ether oxygens (including phenoxy) is 1. The fraction of sp³-hybridized carbons (Fsp3) is 0.467. The Kier molecular flexibility index (Phi) is 5.44. The zero-order valence-electron chi connectivity index (χ0n) is 11.8. The number of halogens is 1. The van der Waals surface area contributed by atoms with Crippen LogP contribution < -0.4 is 10.1 Å². The van der Waals surface area contributed by atoms with E-state index in [0.717, 1.165) is 29.3 Å². The zero-order chi connectivity index (χ0) is 15.4. The van der Waals surface area contributed by atoms with Crippen LogP contribution in [0.1, 0.15) is 43.0 Å². The van der Waals surface area contributed by atoms with E-state index < -0.39 is 12.1 Å². The van der Waals surface area contributed by atoms with Gasteiger partial charge in [0.15, 0.2) is 6.10 Å². The van der Waals surface area contributed by atoms with Gasteiger partial charge >= 0.3 is 5.97 Å². The van der Waals surface area contributed by atoms with Crippen LogP contribution in [0.4, 0.5) is 0 Å². The number of nitrogens with one attached hydrogen (secondary N) is 1. The van der Waals surface area contributed by atoms with Gasteiger partial charge in [0, 0.05) is 6.04 Å². The van der Waals surface area contributed by atoms with Crippen LogP contribution in [0.25, 0.3) is 0 Å². The first-order valence-corrected chi connectivity index (χ1v) is 8.05. The molecule has 0 aromatic heterocycles. The Bertz CT molecular complexity index is 540. The molecular formula is C15H18INO4. The van der Waals surface area contributed by atoms with Crippen LogP contribution in [0.15, 0.2) is 18.2 Å². The molecule has 1 atom stereocenters. The van der Waals surface area contributed by atoms with Gasteiger partial charge in [-0.05, 0) is 60.6 Å². The number of carbonyl (C=O) groups is 2. The van der Waals surface area contributed by atoms with Gasteiger partial charge in [0.2, 0.25) is 0 Å². The minimum absolute atomic E-state index is 0.147. The van der Waals surface area contributed by atoms with E-state index in [9.17, 15) is 9.59 Å². The van der Waals surface area contributed by atoms with Crippen molar-refractivity contribution >= 4 is 34.5 Å². The van der Waals surface area contributed by atoms with Gasteiger partial charge in [0.25, 0.3) is 5.91 Å². The summed E-state index contributed by atoms with van der Waals surface area (Å²) in [5.41, 5.74) is 0.147. The first-order chi connectivity index (χ1) is 9.97. The van der Waals surface area contributed by atoms with Crippen molar-refractivity contribution in [2.45, 2.75) is 44.8 Å². The SMILES string of the molecule is CC(Oc1cc(C(=O)O)ccc1I)C(=O)NC1CCCC1. The van der Waals surface area contributed by atoms with Crippen molar-refractivity contribution in [1.29, 1.82) is 0 Å². The van der Waals surface area contributed by atoms with E-state index in [-0.39, 0.29) is 17.5 Å². The number of hydrogen-bond acceptors (Lipinski definition) is 3. The summed E-state index contributed by atoms with van der Waals surface area (Å²) in [6.07, 6.45) is 3.69. The van der Waals surface area contributed by atoms with Crippen LogP contribution in [-0.2, 0) is 4.79 Å². The van der Waals surface area contributed by atoms with Gasteiger partial charge in [-0.3, -0.25) is 4.79 Å². The zero-order valence-corrected chi connectivity index (χ0v) is 13.9. The number of carboxylic acid groups (broad SMARTS) is 1. The molecular weight excluding hydrogens is 385 g/mol. The van der Waals surface area contributed by atoms with Gasteiger partial charge < -0.3 is 15.2 Å². The van der Waals surface area contributed by atoms with Crippen LogP contribution >= 0.6 is 22.6 Å². The monoisotopic (exact) mass is 403 g/mol. The number of carboxylic acids is 1. The summed E-state index contributed by atoms with van der Waals surface area (Å²) >= 11 is 2.06. The molecule has 0 saturated heterocycles. The molecule has 1 aliphatic carbocycles. The van der Waals surface area contributed by atoms with Crippen LogP contribution in [0.3, 0.4) is 0 Å². The molecule has 1 aliphatic rings. The van der Waals surface area contributed by atoms with Crippen molar-refractivity contribution in [1.82, 2.24) is 5.32 Å². The molecule has 0 heterocycles. The van der Waals surface area contributed by atoms with Crippen molar-refractivity contribution in [3.05, 3.63) is 27.3 Å². The predicted molar refractivity (Wildman–Crippen MR) is 86.6 cm³/mol. The van der Waals surface area contributed by atoms with Gasteiger partial charge in [-0.1, -0.05) is 12.8 Å². The summed E-state index contributed by atoms with van der Waals surface area (Å²) in [5, 5.41) is 12.0. The second-order valence-electron chi connectivity index (χ2n) is 5.20. The van der Waals surface area contributed by atoms with Crippen LogP contribution in [0, 0.1) is 3.57 Å². The lowest BCUT2D eigenvalue weighted by molar-refractivity contribution is -0.128. The van der Waals surface area contributed by atoms with Gasteiger partial charge in [-0.2, -0.15) is 0 Å². The van der Waals surface area contributed by atoms with E-state index in [1.807, 2.05) is 0 Å². The number of amides is 1. The number of aromatic carboxylic acids is 1. The largest absolute Gasteiger partial charge is 0.480 e. The lowest BCUT2D eigenvalue weighted by atomic mass is 10.2. The standard InChI is InChI=1S/C15H18INO4/c1-9(14(18)17-11-4-2-3-5-11)21-13-8-10(15(19)20)6-7-12(13)16/h6-9,11H,2-5H2,1H3,(H,17,18)(H,19,20). The molecule has 6 heteroatoms. The van der Waals surface area contributed by atoms with Crippen molar-refractivity contribution in [3.8, 4) is 5.75 Å². The van der Waals surface area contributed by atoms with Gasteiger partial charge in [-0.15, -0.1) is 0 Å². The van der Waals surface area contributed by atoms with Crippen LogP contribution in [0.2, 0.25) is 0 Å². The lowest BCUT2D eigenvalue weighted by Crippen LogP contribution is -2.41. The molecule has 0 aliphatic heterocycles. The average Bonchev–Trinajstić information content (AvgIpc) is 2.93. The van der Waals surface area contributed by atoms with E-state index in [0.29, 0.717) is 5.75 Å². The summed E-state index contributed by atoms with van der Waals surface area (Å²) in [6.45, 7) is 1.67. The summed E-state index contributed by atoms with van der Waals surface area (Å²) in [6, 6.07) is 4.87. The lowest BCUT2D eigenvalue weighted by Gasteiger charge is -2.19. The maximum atomic E-state index is 12.1. The number of benzene rings is 1. The molecule has 1 aromatic carbocycles. The second-order valence-corrected chi connectivity index (χ2v) is 6.36. The summed E-state index contributed by atoms with van der Waals surface area (Å²) in [5.74, 6) is -0.748. The van der Waals surface area contributed by atoms with Crippen molar-refractivity contribution in [3.63, 3.8) is 0 Å². The maximum Gasteiger partial charge on any atom is 0.335 e. The molecule has 0 radical (unpaired) electrons. The summed E-state index contributed by atoms with van der Waals surface area (Å²) < 4.78 is 6.40. The maximum absolute atomic E-state index is 12.1. The highest BCUT2D eigenvalue weighted by molar-refractivity contribution is 14.1. The molecule has 1 fully saturated rings. The molecule has 2 N–H and O–H groups in total. The highest BCUT2D eigenvalue weighted by atomic mass is 127. The van der Waals surface area contributed by atoms with Crippen LogP contribution in [0.5, 0.6) is 5.75 Å². The van der Waals surface area contributed by atoms with E-state index in [1.165, 1.54) is 12.1 Å². The number of hydrogen-bond donors (Lipinski definition) is 2. The second kappa shape index (κ2) is 7.11. The molecule has 21 heavy (non-hydrogen) atoms.